The topological polar surface area (TPSA) is 95.6 Å². The van der Waals surface area contributed by atoms with Crippen molar-refractivity contribution < 1.29 is 18.0 Å². The summed E-state index contributed by atoms with van der Waals surface area (Å²) in [6.45, 7) is 5.00. The fourth-order valence-electron chi connectivity index (χ4n) is 4.53. The molecule has 200 valence electrons. The van der Waals surface area contributed by atoms with Gasteiger partial charge in [0.1, 0.15) is 6.04 Å². The number of benzene rings is 3. The van der Waals surface area contributed by atoms with Gasteiger partial charge in [-0.2, -0.15) is 4.31 Å². The summed E-state index contributed by atoms with van der Waals surface area (Å²) in [5, 5.41) is 6.21. The van der Waals surface area contributed by atoms with Gasteiger partial charge >= 0.3 is 0 Å². The molecule has 4 rings (SSSR count). The zero-order valence-electron chi connectivity index (χ0n) is 21.5. The molecule has 0 saturated carbocycles. The molecule has 0 bridgehead atoms. The van der Waals surface area contributed by atoms with E-state index in [1.54, 1.807) is 24.3 Å². The standard InChI is InChI=1S/C29H32ClN3O4S/c1-20-6-5-7-24(21(20)2)18-32-28(34)23-11-9-22(10-12-23)19-33(27-8-3-4-17-31-29(27)35)38(36,37)26-15-13-25(30)14-16-26/h5-7,9-16,27H,3-4,8,17-19H2,1-2H3,(H,31,35)(H,32,34)/t27-/m1/s1. The number of aryl methyl sites for hydroxylation is 1. The molecule has 9 heteroatoms. The fraction of sp³-hybridized carbons (Fsp3) is 0.310. The lowest BCUT2D eigenvalue weighted by Gasteiger charge is -2.29. The molecule has 38 heavy (non-hydrogen) atoms. The highest BCUT2D eigenvalue weighted by atomic mass is 35.5. The number of amides is 2. The van der Waals surface area contributed by atoms with Crippen molar-refractivity contribution in [3.8, 4) is 0 Å². The van der Waals surface area contributed by atoms with Crippen molar-refractivity contribution in [2.24, 2.45) is 0 Å². The lowest BCUT2D eigenvalue weighted by molar-refractivity contribution is -0.124. The Morgan fingerprint density at radius 2 is 1.74 bits per heavy atom. The largest absolute Gasteiger partial charge is 0.355 e. The number of rotatable bonds is 8. The Bertz CT molecular complexity index is 1410. The van der Waals surface area contributed by atoms with Crippen LogP contribution in [0.5, 0.6) is 0 Å². The molecule has 1 aliphatic rings. The minimum atomic E-state index is -4.00. The smallest absolute Gasteiger partial charge is 0.251 e. The Kier molecular flexibility index (Phi) is 8.87. The average molecular weight is 554 g/mol. The van der Waals surface area contributed by atoms with Gasteiger partial charge in [0.05, 0.1) is 4.90 Å². The molecule has 0 spiro atoms. The predicted molar refractivity (Wildman–Crippen MR) is 148 cm³/mol. The van der Waals surface area contributed by atoms with Crippen LogP contribution in [0.25, 0.3) is 0 Å². The Balaban J connectivity index is 1.54. The summed E-state index contributed by atoms with van der Waals surface area (Å²) >= 11 is 5.97. The molecular formula is C29H32ClN3O4S. The van der Waals surface area contributed by atoms with Crippen LogP contribution in [0.3, 0.4) is 0 Å². The van der Waals surface area contributed by atoms with E-state index >= 15 is 0 Å². The number of halogens is 1. The zero-order valence-corrected chi connectivity index (χ0v) is 23.1. The van der Waals surface area contributed by atoms with Crippen molar-refractivity contribution in [2.45, 2.75) is 57.1 Å². The molecule has 0 aliphatic carbocycles. The number of carbonyl (C=O) groups excluding carboxylic acids is 2. The van der Waals surface area contributed by atoms with E-state index in [4.69, 9.17) is 11.6 Å². The molecule has 1 heterocycles. The quantitative estimate of drug-likeness (QED) is 0.421. The maximum atomic E-state index is 13.7. The van der Waals surface area contributed by atoms with Gasteiger partial charge in [-0.1, -0.05) is 41.9 Å². The van der Waals surface area contributed by atoms with E-state index < -0.39 is 16.1 Å². The number of nitrogens with zero attached hydrogens (tertiary/aromatic N) is 1. The molecular weight excluding hydrogens is 522 g/mol. The van der Waals surface area contributed by atoms with Gasteiger partial charge in [0, 0.05) is 30.2 Å². The first-order valence-corrected chi connectivity index (χ1v) is 14.5. The first kappa shape index (κ1) is 27.8. The van der Waals surface area contributed by atoms with Gasteiger partial charge < -0.3 is 10.6 Å². The molecule has 0 radical (unpaired) electrons. The first-order chi connectivity index (χ1) is 18.2. The van der Waals surface area contributed by atoms with Crippen LogP contribution < -0.4 is 10.6 Å². The second kappa shape index (κ2) is 12.1. The third kappa shape index (κ3) is 6.43. The highest BCUT2D eigenvalue weighted by Gasteiger charge is 2.36. The minimum absolute atomic E-state index is 0.00652. The van der Waals surface area contributed by atoms with Crippen LogP contribution in [0.15, 0.2) is 71.6 Å². The van der Waals surface area contributed by atoms with E-state index in [1.165, 1.54) is 34.1 Å². The molecule has 7 nitrogen and oxygen atoms in total. The molecule has 2 amide bonds. The van der Waals surface area contributed by atoms with Crippen molar-refractivity contribution in [1.82, 2.24) is 14.9 Å². The van der Waals surface area contributed by atoms with Gasteiger partial charge in [-0.15, -0.1) is 0 Å². The molecule has 2 N–H and O–H groups in total. The van der Waals surface area contributed by atoms with Gasteiger partial charge in [-0.25, -0.2) is 8.42 Å². The SMILES string of the molecule is Cc1cccc(CNC(=O)c2ccc(CN([C@@H]3CCCCNC3=O)S(=O)(=O)c3ccc(Cl)cc3)cc2)c1C. The summed E-state index contributed by atoms with van der Waals surface area (Å²) in [6.07, 6.45) is 1.95. The van der Waals surface area contributed by atoms with E-state index in [0.29, 0.717) is 35.7 Å². The summed E-state index contributed by atoms with van der Waals surface area (Å²) in [5.41, 5.74) is 4.51. The summed E-state index contributed by atoms with van der Waals surface area (Å²) < 4.78 is 28.6. The molecule has 1 saturated heterocycles. The van der Waals surface area contributed by atoms with Crippen LogP contribution in [0.1, 0.15) is 51.9 Å². The summed E-state index contributed by atoms with van der Waals surface area (Å²) in [5.74, 6) is -0.520. The highest BCUT2D eigenvalue weighted by molar-refractivity contribution is 7.89. The lowest BCUT2D eigenvalue weighted by atomic mass is 10.0. The third-order valence-electron chi connectivity index (χ3n) is 6.98. The van der Waals surface area contributed by atoms with E-state index in [1.807, 2.05) is 32.0 Å². The van der Waals surface area contributed by atoms with Crippen LogP contribution in [-0.4, -0.2) is 37.1 Å². The second-order valence-corrected chi connectivity index (χ2v) is 11.9. The van der Waals surface area contributed by atoms with Gasteiger partial charge in [0.15, 0.2) is 0 Å². The Morgan fingerprint density at radius 1 is 1.03 bits per heavy atom. The number of sulfonamides is 1. The Hall–Kier alpha value is -3.20. The molecule has 3 aromatic rings. The molecule has 0 unspecified atom stereocenters. The monoisotopic (exact) mass is 553 g/mol. The van der Waals surface area contributed by atoms with Crippen molar-refractivity contribution in [3.63, 3.8) is 0 Å². The Labute approximate surface area is 229 Å². The van der Waals surface area contributed by atoms with Crippen LogP contribution >= 0.6 is 11.6 Å². The van der Waals surface area contributed by atoms with E-state index in [9.17, 15) is 18.0 Å². The molecule has 1 fully saturated rings. The summed E-state index contributed by atoms with van der Waals surface area (Å²) in [4.78, 5) is 25.7. The van der Waals surface area contributed by atoms with Crippen molar-refractivity contribution in [2.75, 3.05) is 6.54 Å². The van der Waals surface area contributed by atoms with E-state index in [0.717, 1.165) is 24.0 Å². The molecule has 3 aromatic carbocycles. The van der Waals surface area contributed by atoms with Crippen LogP contribution in [0.4, 0.5) is 0 Å². The summed E-state index contributed by atoms with van der Waals surface area (Å²) in [6, 6.07) is 17.9. The van der Waals surface area contributed by atoms with Gasteiger partial charge in [-0.3, -0.25) is 9.59 Å². The van der Waals surface area contributed by atoms with Crippen LogP contribution in [0, 0.1) is 13.8 Å². The van der Waals surface area contributed by atoms with Crippen molar-refractivity contribution >= 4 is 33.4 Å². The number of nitrogens with one attached hydrogen (secondary N) is 2. The number of carbonyl (C=O) groups is 2. The van der Waals surface area contributed by atoms with Gasteiger partial charge in [0.25, 0.3) is 5.91 Å². The van der Waals surface area contributed by atoms with Gasteiger partial charge in [-0.05, 0) is 91.8 Å². The second-order valence-electron chi connectivity index (χ2n) is 9.55. The van der Waals surface area contributed by atoms with E-state index in [-0.39, 0.29) is 23.3 Å². The van der Waals surface area contributed by atoms with Gasteiger partial charge in [0.2, 0.25) is 15.9 Å². The summed E-state index contributed by atoms with van der Waals surface area (Å²) in [7, 11) is -4.00. The maximum Gasteiger partial charge on any atom is 0.251 e. The average Bonchev–Trinajstić information content (AvgIpc) is 3.12. The van der Waals surface area contributed by atoms with Crippen molar-refractivity contribution in [1.29, 1.82) is 0 Å². The predicted octanol–water partition coefficient (Wildman–Crippen LogP) is 4.75. The van der Waals surface area contributed by atoms with Crippen LogP contribution in [-0.2, 0) is 27.9 Å². The molecule has 1 atom stereocenters. The lowest BCUT2D eigenvalue weighted by Crippen LogP contribution is -2.48. The van der Waals surface area contributed by atoms with Crippen LogP contribution in [0.2, 0.25) is 5.02 Å². The first-order valence-electron chi connectivity index (χ1n) is 12.6. The van der Waals surface area contributed by atoms with Crippen molar-refractivity contribution in [3.05, 3.63) is 99.6 Å². The maximum absolute atomic E-state index is 13.7. The molecule has 1 aliphatic heterocycles. The number of hydrogen-bond acceptors (Lipinski definition) is 4. The number of hydrogen-bond donors (Lipinski definition) is 2. The Morgan fingerprint density at radius 3 is 2.45 bits per heavy atom. The zero-order chi connectivity index (χ0) is 27.3. The normalized spacial score (nSPS) is 16.1. The minimum Gasteiger partial charge on any atom is -0.355 e. The van der Waals surface area contributed by atoms with E-state index in [2.05, 4.69) is 10.6 Å². The highest BCUT2D eigenvalue weighted by Crippen LogP contribution is 2.26. The third-order valence-corrected chi connectivity index (χ3v) is 9.11. The molecule has 0 aromatic heterocycles. The fourth-order valence-corrected chi connectivity index (χ4v) is 6.26.